The number of nitrogens with one attached hydrogen (secondary N) is 1. The number of carbonyl (C=O) groups is 1. The van der Waals surface area contributed by atoms with Gasteiger partial charge >= 0.3 is 0 Å². The van der Waals surface area contributed by atoms with Gasteiger partial charge < -0.3 is 19.7 Å². The van der Waals surface area contributed by atoms with E-state index in [2.05, 4.69) is 5.32 Å². The van der Waals surface area contributed by atoms with Gasteiger partial charge in [0.05, 0.1) is 26.0 Å². The number of hydrogen-bond donors (Lipinski definition) is 1. The van der Waals surface area contributed by atoms with Crippen molar-refractivity contribution in [2.45, 2.75) is 6.92 Å². The maximum atomic E-state index is 12.3. The van der Waals surface area contributed by atoms with Crippen LogP contribution in [0.1, 0.15) is 5.56 Å². The zero-order chi connectivity index (χ0) is 15.9. The number of methoxy groups -OCH3 is 1. The summed E-state index contributed by atoms with van der Waals surface area (Å²) in [6, 6.07) is 7.60. The van der Waals surface area contributed by atoms with E-state index in [9.17, 15) is 10.1 Å². The van der Waals surface area contributed by atoms with Crippen molar-refractivity contribution in [1.29, 1.82) is 5.26 Å². The highest BCUT2D eigenvalue weighted by Crippen LogP contribution is 2.25. The molecule has 1 amide bonds. The molecule has 1 fully saturated rings. The van der Waals surface area contributed by atoms with Gasteiger partial charge in [-0.15, -0.1) is 0 Å². The average Bonchev–Trinajstić information content (AvgIpc) is 2.56. The first kappa shape index (κ1) is 15.9. The number of nitriles is 1. The molecule has 6 nitrogen and oxygen atoms in total. The van der Waals surface area contributed by atoms with E-state index in [1.165, 1.54) is 6.20 Å². The van der Waals surface area contributed by atoms with Crippen LogP contribution in [0.2, 0.25) is 0 Å². The lowest BCUT2D eigenvalue weighted by Gasteiger charge is -2.26. The third-order valence-electron chi connectivity index (χ3n) is 3.38. The minimum atomic E-state index is -0.287. The highest BCUT2D eigenvalue weighted by Gasteiger charge is 2.20. The molecular formula is C16H19N3O3. The second-order valence-corrected chi connectivity index (χ2v) is 4.92. The minimum absolute atomic E-state index is 0.0606. The number of morpholine rings is 1. The summed E-state index contributed by atoms with van der Waals surface area (Å²) in [6.45, 7) is 3.98. The van der Waals surface area contributed by atoms with Gasteiger partial charge in [-0.25, -0.2) is 0 Å². The van der Waals surface area contributed by atoms with Crippen LogP contribution in [0.25, 0.3) is 0 Å². The molecule has 116 valence electrons. The van der Waals surface area contributed by atoms with E-state index in [0.29, 0.717) is 37.7 Å². The van der Waals surface area contributed by atoms with E-state index >= 15 is 0 Å². The number of anilines is 1. The molecular weight excluding hydrogens is 282 g/mol. The van der Waals surface area contributed by atoms with Crippen molar-refractivity contribution >= 4 is 11.6 Å². The Morgan fingerprint density at radius 1 is 1.45 bits per heavy atom. The fraction of sp³-hybridized carbons (Fsp3) is 0.375. The molecule has 1 N–H and O–H groups in total. The maximum absolute atomic E-state index is 12.3. The minimum Gasteiger partial charge on any atom is -0.495 e. The molecule has 1 aromatic rings. The Morgan fingerprint density at radius 3 is 2.82 bits per heavy atom. The molecule has 1 aliphatic heterocycles. The van der Waals surface area contributed by atoms with E-state index in [1.807, 2.05) is 31.2 Å². The van der Waals surface area contributed by atoms with Crippen molar-refractivity contribution in [3.8, 4) is 11.8 Å². The summed E-state index contributed by atoms with van der Waals surface area (Å²) in [5.41, 5.74) is 1.82. The number of benzene rings is 1. The van der Waals surface area contributed by atoms with Gasteiger partial charge in [-0.1, -0.05) is 6.07 Å². The lowest BCUT2D eigenvalue weighted by atomic mass is 10.2. The third kappa shape index (κ3) is 3.77. The maximum Gasteiger partial charge on any atom is 0.266 e. The summed E-state index contributed by atoms with van der Waals surface area (Å²) in [5, 5.41) is 12.2. The van der Waals surface area contributed by atoms with Crippen molar-refractivity contribution in [3.63, 3.8) is 0 Å². The van der Waals surface area contributed by atoms with Gasteiger partial charge in [-0.2, -0.15) is 5.26 Å². The SMILES string of the molecule is COc1ccc(C)cc1N/C=C(/C#N)C(=O)N1CCOCC1. The molecule has 22 heavy (non-hydrogen) atoms. The highest BCUT2D eigenvalue weighted by molar-refractivity contribution is 5.97. The molecule has 0 radical (unpaired) electrons. The Kier molecular flexibility index (Phi) is 5.39. The van der Waals surface area contributed by atoms with Gasteiger partial charge in [-0.3, -0.25) is 4.79 Å². The zero-order valence-electron chi connectivity index (χ0n) is 12.8. The predicted molar refractivity (Wildman–Crippen MR) is 82.4 cm³/mol. The van der Waals surface area contributed by atoms with Gasteiger partial charge in [0.2, 0.25) is 0 Å². The van der Waals surface area contributed by atoms with Crippen molar-refractivity contribution < 1.29 is 14.3 Å². The fourth-order valence-electron chi connectivity index (χ4n) is 2.16. The van der Waals surface area contributed by atoms with Crippen LogP contribution in [-0.2, 0) is 9.53 Å². The van der Waals surface area contributed by atoms with Crippen LogP contribution in [0.15, 0.2) is 30.0 Å². The summed E-state index contributed by atoms with van der Waals surface area (Å²) in [5.74, 6) is 0.364. The van der Waals surface area contributed by atoms with Crippen LogP contribution in [0.4, 0.5) is 5.69 Å². The van der Waals surface area contributed by atoms with Crippen LogP contribution in [-0.4, -0.2) is 44.2 Å². The predicted octanol–water partition coefficient (Wildman–Crippen LogP) is 1.68. The second kappa shape index (κ2) is 7.48. The van der Waals surface area contributed by atoms with Crippen LogP contribution in [0.5, 0.6) is 5.75 Å². The van der Waals surface area contributed by atoms with Gasteiger partial charge in [0.15, 0.2) is 0 Å². The van der Waals surface area contributed by atoms with Gasteiger partial charge in [0, 0.05) is 19.3 Å². The molecule has 0 bridgehead atoms. The number of ether oxygens (including phenoxy) is 2. The first-order chi connectivity index (χ1) is 10.7. The van der Waals surface area contributed by atoms with E-state index in [-0.39, 0.29) is 11.5 Å². The van der Waals surface area contributed by atoms with Gasteiger partial charge in [0.1, 0.15) is 17.4 Å². The Bertz CT molecular complexity index is 614. The van der Waals surface area contributed by atoms with Gasteiger partial charge in [-0.05, 0) is 24.6 Å². The highest BCUT2D eigenvalue weighted by atomic mass is 16.5. The fourth-order valence-corrected chi connectivity index (χ4v) is 2.16. The summed E-state index contributed by atoms with van der Waals surface area (Å²) < 4.78 is 10.5. The standard InChI is InChI=1S/C16H19N3O3/c1-12-3-4-15(21-2)14(9-12)18-11-13(10-17)16(20)19-5-7-22-8-6-19/h3-4,9,11,18H,5-8H2,1-2H3/b13-11-. The van der Waals surface area contributed by atoms with Crippen molar-refractivity contribution in [2.75, 3.05) is 38.7 Å². The van der Waals surface area contributed by atoms with Crippen molar-refractivity contribution in [3.05, 3.63) is 35.5 Å². The summed E-state index contributed by atoms with van der Waals surface area (Å²) >= 11 is 0. The summed E-state index contributed by atoms with van der Waals surface area (Å²) in [4.78, 5) is 13.9. The van der Waals surface area contributed by atoms with E-state index in [0.717, 1.165) is 5.56 Å². The Morgan fingerprint density at radius 2 is 2.18 bits per heavy atom. The monoisotopic (exact) mass is 301 g/mol. The van der Waals surface area contributed by atoms with Gasteiger partial charge in [0.25, 0.3) is 5.91 Å². The van der Waals surface area contributed by atoms with Crippen molar-refractivity contribution in [1.82, 2.24) is 4.90 Å². The molecule has 0 atom stereocenters. The zero-order valence-corrected chi connectivity index (χ0v) is 12.8. The third-order valence-corrected chi connectivity index (χ3v) is 3.38. The smallest absolute Gasteiger partial charge is 0.266 e. The second-order valence-electron chi connectivity index (χ2n) is 4.92. The van der Waals surface area contributed by atoms with E-state index < -0.39 is 0 Å². The molecule has 1 saturated heterocycles. The van der Waals surface area contributed by atoms with Crippen LogP contribution in [0, 0.1) is 18.3 Å². The van der Waals surface area contributed by atoms with Crippen molar-refractivity contribution in [2.24, 2.45) is 0 Å². The first-order valence-electron chi connectivity index (χ1n) is 7.04. The largest absolute Gasteiger partial charge is 0.495 e. The number of rotatable bonds is 4. The van der Waals surface area contributed by atoms with Crippen LogP contribution in [0.3, 0.4) is 0 Å². The summed E-state index contributed by atoms with van der Waals surface area (Å²) in [6.07, 6.45) is 1.43. The molecule has 0 aromatic heterocycles. The lowest BCUT2D eigenvalue weighted by molar-refractivity contribution is -0.130. The topological polar surface area (TPSA) is 74.6 Å². The Labute approximate surface area is 129 Å². The quantitative estimate of drug-likeness (QED) is 0.676. The molecule has 6 heteroatoms. The normalized spacial score (nSPS) is 15.1. The molecule has 1 aromatic carbocycles. The number of nitrogens with zero attached hydrogens (tertiary/aromatic N) is 2. The molecule has 1 aliphatic rings. The molecule has 0 aliphatic carbocycles. The molecule has 2 rings (SSSR count). The van der Waals surface area contributed by atoms with Crippen LogP contribution >= 0.6 is 0 Å². The van der Waals surface area contributed by atoms with Crippen LogP contribution < -0.4 is 10.1 Å². The molecule has 0 saturated carbocycles. The number of amides is 1. The van der Waals surface area contributed by atoms with E-state index in [4.69, 9.17) is 9.47 Å². The molecule has 1 heterocycles. The lowest BCUT2D eigenvalue weighted by Crippen LogP contribution is -2.41. The summed E-state index contributed by atoms with van der Waals surface area (Å²) in [7, 11) is 1.57. The Hall–Kier alpha value is -2.52. The molecule has 0 spiro atoms. The first-order valence-corrected chi connectivity index (χ1v) is 7.04. The number of hydrogen-bond acceptors (Lipinski definition) is 5. The average molecular weight is 301 g/mol. The Balaban J connectivity index is 2.14. The van der Waals surface area contributed by atoms with E-state index in [1.54, 1.807) is 12.0 Å². The number of carbonyl (C=O) groups excluding carboxylic acids is 1. The number of aryl methyl sites for hydroxylation is 1. The molecule has 0 unspecified atom stereocenters.